The number of hydrogen-bond donors (Lipinski definition) is 2. The normalized spacial score (nSPS) is 12.0. The molecule has 0 spiro atoms. The number of amides is 1. The lowest BCUT2D eigenvalue weighted by molar-refractivity contribution is -0.118. The van der Waals surface area contributed by atoms with Gasteiger partial charge in [0.1, 0.15) is 5.75 Å². The first-order valence-corrected chi connectivity index (χ1v) is 5.31. The number of carbonyl (C=O) groups is 1. The van der Waals surface area contributed by atoms with Crippen LogP contribution in [0.15, 0.2) is 54.6 Å². The lowest BCUT2D eigenvalue weighted by Gasteiger charge is -2.14. The molecule has 3 heteroatoms. The summed E-state index contributed by atoms with van der Waals surface area (Å²) in [6.07, 6.45) is 0. The predicted molar refractivity (Wildman–Crippen MR) is 65.6 cm³/mol. The molecule has 0 heterocycles. The topological polar surface area (TPSA) is 63.3 Å². The number of carbonyl (C=O) groups excluding carboxylic acids is 1. The zero-order valence-corrected chi connectivity index (χ0v) is 9.21. The van der Waals surface area contributed by atoms with Crippen LogP contribution in [0.4, 0.5) is 0 Å². The van der Waals surface area contributed by atoms with Gasteiger partial charge in [-0.3, -0.25) is 4.79 Å². The Morgan fingerprint density at radius 3 is 2.24 bits per heavy atom. The van der Waals surface area contributed by atoms with Crippen LogP contribution in [-0.2, 0) is 4.79 Å². The van der Waals surface area contributed by atoms with Crippen molar-refractivity contribution in [2.24, 2.45) is 5.73 Å². The van der Waals surface area contributed by atoms with Crippen molar-refractivity contribution in [3.8, 4) is 5.75 Å². The van der Waals surface area contributed by atoms with Crippen LogP contribution in [0.2, 0.25) is 0 Å². The van der Waals surface area contributed by atoms with E-state index in [4.69, 9.17) is 5.73 Å². The average molecular weight is 227 g/mol. The minimum absolute atomic E-state index is 0.129. The summed E-state index contributed by atoms with van der Waals surface area (Å²) in [6.45, 7) is 0. The SMILES string of the molecule is NC(=O)C(c1ccccc1)c1cccc(O)c1. The van der Waals surface area contributed by atoms with Gasteiger partial charge in [-0.05, 0) is 23.3 Å². The van der Waals surface area contributed by atoms with E-state index in [0.717, 1.165) is 5.56 Å². The lowest BCUT2D eigenvalue weighted by atomic mass is 9.91. The second kappa shape index (κ2) is 4.70. The molecule has 2 aromatic carbocycles. The van der Waals surface area contributed by atoms with Crippen molar-refractivity contribution in [1.82, 2.24) is 0 Å². The van der Waals surface area contributed by atoms with Crippen LogP contribution >= 0.6 is 0 Å². The smallest absolute Gasteiger partial charge is 0.229 e. The minimum atomic E-state index is -0.525. The monoisotopic (exact) mass is 227 g/mol. The Hall–Kier alpha value is -2.29. The van der Waals surface area contributed by atoms with Gasteiger partial charge in [0.25, 0.3) is 0 Å². The first-order valence-electron chi connectivity index (χ1n) is 5.31. The Balaban J connectivity index is 2.47. The summed E-state index contributed by atoms with van der Waals surface area (Å²) in [5, 5.41) is 9.44. The first-order chi connectivity index (χ1) is 8.18. The van der Waals surface area contributed by atoms with E-state index < -0.39 is 11.8 Å². The van der Waals surface area contributed by atoms with E-state index in [1.807, 2.05) is 30.3 Å². The van der Waals surface area contributed by atoms with Gasteiger partial charge in [0.05, 0.1) is 5.92 Å². The van der Waals surface area contributed by atoms with Crippen molar-refractivity contribution in [1.29, 1.82) is 0 Å². The van der Waals surface area contributed by atoms with Gasteiger partial charge in [0, 0.05) is 0 Å². The van der Waals surface area contributed by atoms with Crippen LogP contribution < -0.4 is 5.73 Å². The third-order valence-corrected chi connectivity index (χ3v) is 2.62. The summed E-state index contributed by atoms with van der Waals surface area (Å²) in [5.41, 5.74) is 6.95. The van der Waals surface area contributed by atoms with Crippen LogP contribution in [0.5, 0.6) is 5.75 Å². The van der Waals surface area contributed by atoms with Crippen molar-refractivity contribution in [3.05, 3.63) is 65.7 Å². The molecule has 86 valence electrons. The van der Waals surface area contributed by atoms with Crippen molar-refractivity contribution in [3.63, 3.8) is 0 Å². The molecule has 0 fully saturated rings. The van der Waals surface area contributed by atoms with E-state index in [9.17, 15) is 9.90 Å². The standard InChI is InChI=1S/C14H13NO2/c15-14(17)13(10-5-2-1-3-6-10)11-7-4-8-12(16)9-11/h1-9,13,16H,(H2,15,17). The average Bonchev–Trinajstić information content (AvgIpc) is 2.30. The van der Waals surface area contributed by atoms with Gasteiger partial charge in [-0.2, -0.15) is 0 Å². The van der Waals surface area contributed by atoms with Gasteiger partial charge in [-0.25, -0.2) is 0 Å². The molecule has 0 saturated carbocycles. The minimum Gasteiger partial charge on any atom is -0.508 e. The van der Waals surface area contributed by atoms with Gasteiger partial charge in [0.2, 0.25) is 5.91 Å². The number of hydrogen-bond acceptors (Lipinski definition) is 2. The second-order valence-electron chi connectivity index (χ2n) is 3.84. The number of phenols is 1. The number of rotatable bonds is 3. The highest BCUT2D eigenvalue weighted by Crippen LogP contribution is 2.26. The van der Waals surface area contributed by atoms with Crippen LogP contribution in [0.25, 0.3) is 0 Å². The van der Waals surface area contributed by atoms with Crippen LogP contribution in [0.3, 0.4) is 0 Å². The number of phenolic OH excluding ortho intramolecular Hbond substituents is 1. The third-order valence-electron chi connectivity index (χ3n) is 2.62. The Morgan fingerprint density at radius 2 is 1.65 bits per heavy atom. The summed E-state index contributed by atoms with van der Waals surface area (Å²) in [6, 6.07) is 15.9. The number of aromatic hydroxyl groups is 1. The van der Waals surface area contributed by atoms with Crippen molar-refractivity contribution >= 4 is 5.91 Å². The summed E-state index contributed by atoms with van der Waals surface area (Å²) in [5.74, 6) is -0.824. The zero-order valence-electron chi connectivity index (χ0n) is 9.21. The zero-order chi connectivity index (χ0) is 12.3. The fourth-order valence-corrected chi connectivity index (χ4v) is 1.87. The van der Waals surface area contributed by atoms with Gasteiger partial charge in [-0.15, -0.1) is 0 Å². The van der Waals surface area contributed by atoms with Crippen LogP contribution in [-0.4, -0.2) is 11.0 Å². The maximum absolute atomic E-state index is 11.6. The molecule has 0 aliphatic carbocycles. The highest BCUT2D eigenvalue weighted by atomic mass is 16.3. The Labute approximate surface area is 99.5 Å². The molecule has 0 aliphatic heterocycles. The molecule has 3 N–H and O–H groups in total. The molecule has 2 rings (SSSR count). The molecular formula is C14H13NO2. The molecule has 0 bridgehead atoms. The lowest BCUT2D eigenvalue weighted by Crippen LogP contribution is -2.22. The highest BCUT2D eigenvalue weighted by molar-refractivity contribution is 5.85. The van der Waals surface area contributed by atoms with E-state index in [1.165, 1.54) is 0 Å². The molecule has 1 atom stereocenters. The molecule has 17 heavy (non-hydrogen) atoms. The number of primary amides is 1. The maximum atomic E-state index is 11.6. The largest absolute Gasteiger partial charge is 0.508 e. The van der Waals surface area contributed by atoms with E-state index in [-0.39, 0.29) is 5.75 Å². The maximum Gasteiger partial charge on any atom is 0.229 e. The van der Waals surface area contributed by atoms with Gasteiger partial charge >= 0.3 is 0 Å². The van der Waals surface area contributed by atoms with E-state index in [2.05, 4.69) is 0 Å². The van der Waals surface area contributed by atoms with E-state index in [1.54, 1.807) is 24.3 Å². The molecule has 0 aliphatic rings. The molecule has 0 radical (unpaired) electrons. The summed E-state index contributed by atoms with van der Waals surface area (Å²) >= 11 is 0. The molecular weight excluding hydrogens is 214 g/mol. The van der Waals surface area contributed by atoms with Crippen molar-refractivity contribution < 1.29 is 9.90 Å². The molecule has 0 aromatic heterocycles. The quantitative estimate of drug-likeness (QED) is 0.842. The van der Waals surface area contributed by atoms with Crippen LogP contribution in [0.1, 0.15) is 17.0 Å². The van der Waals surface area contributed by atoms with E-state index >= 15 is 0 Å². The van der Waals surface area contributed by atoms with Gasteiger partial charge < -0.3 is 10.8 Å². The Bertz CT molecular complexity index is 523. The Kier molecular flexibility index (Phi) is 3.10. The highest BCUT2D eigenvalue weighted by Gasteiger charge is 2.19. The predicted octanol–water partition coefficient (Wildman–Crippen LogP) is 2.01. The fraction of sp³-hybridized carbons (Fsp3) is 0.0714. The molecule has 0 saturated heterocycles. The summed E-state index contributed by atoms with van der Waals surface area (Å²) in [7, 11) is 0. The second-order valence-corrected chi connectivity index (χ2v) is 3.84. The molecule has 3 nitrogen and oxygen atoms in total. The molecule has 2 aromatic rings. The molecule has 1 unspecified atom stereocenters. The van der Waals surface area contributed by atoms with E-state index in [0.29, 0.717) is 5.56 Å². The summed E-state index contributed by atoms with van der Waals surface area (Å²) < 4.78 is 0. The fourth-order valence-electron chi connectivity index (χ4n) is 1.87. The third kappa shape index (κ3) is 2.45. The van der Waals surface area contributed by atoms with Gasteiger partial charge in [-0.1, -0.05) is 42.5 Å². The van der Waals surface area contributed by atoms with Crippen molar-refractivity contribution in [2.75, 3.05) is 0 Å². The van der Waals surface area contributed by atoms with Crippen molar-refractivity contribution in [2.45, 2.75) is 5.92 Å². The van der Waals surface area contributed by atoms with Gasteiger partial charge in [0.15, 0.2) is 0 Å². The van der Waals surface area contributed by atoms with Crippen LogP contribution in [0, 0.1) is 0 Å². The first kappa shape index (κ1) is 11.2. The number of benzene rings is 2. The summed E-state index contributed by atoms with van der Waals surface area (Å²) in [4.78, 5) is 11.6. The Morgan fingerprint density at radius 1 is 1.00 bits per heavy atom. The molecule has 1 amide bonds. The number of nitrogens with two attached hydrogens (primary N) is 1.